The van der Waals surface area contributed by atoms with E-state index in [4.69, 9.17) is 20.5 Å². The van der Waals surface area contributed by atoms with Gasteiger partial charge in [-0.25, -0.2) is 9.88 Å². The van der Waals surface area contributed by atoms with E-state index in [0.29, 0.717) is 39.3 Å². The number of furan rings is 1. The maximum atomic E-state index is 13.3. The number of rotatable bonds is 4. The molecule has 0 saturated heterocycles. The van der Waals surface area contributed by atoms with Gasteiger partial charge in [0.05, 0.1) is 44.7 Å². The molecule has 0 spiro atoms. The predicted octanol–water partition coefficient (Wildman–Crippen LogP) is 5.50. The second-order valence-corrected chi connectivity index (χ2v) is 8.50. The number of hydrogen-bond donors (Lipinski definition) is 1. The van der Waals surface area contributed by atoms with E-state index in [0.717, 1.165) is 4.90 Å². The lowest BCUT2D eigenvalue weighted by molar-refractivity contribution is 0.0924. The molecule has 6 rings (SSSR count). The van der Waals surface area contributed by atoms with Crippen LogP contribution in [0.25, 0.3) is 22.6 Å². The van der Waals surface area contributed by atoms with E-state index >= 15 is 0 Å². The van der Waals surface area contributed by atoms with Crippen LogP contribution >= 0.6 is 11.6 Å². The number of hydrogen-bond acceptors (Lipinski definition) is 7. The van der Waals surface area contributed by atoms with Crippen LogP contribution in [0, 0.1) is 6.92 Å². The van der Waals surface area contributed by atoms with E-state index in [1.165, 1.54) is 18.4 Å². The Balaban J connectivity index is 1.33. The first-order chi connectivity index (χ1) is 17.4. The lowest BCUT2D eigenvalue weighted by atomic mass is 10.1. The molecule has 4 heterocycles. The van der Waals surface area contributed by atoms with E-state index in [2.05, 4.69) is 15.5 Å². The number of benzene rings is 2. The fourth-order valence-corrected chi connectivity index (χ4v) is 4.46. The van der Waals surface area contributed by atoms with Crippen LogP contribution in [0.3, 0.4) is 0 Å². The molecule has 3 aromatic heterocycles. The summed E-state index contributed by atoms with van der Waals surface area (Å²) in [7, 11) is 0. The van der Waals surface area contributed by atoms with Crippen molar-refractivity contribution in [3.05, 3.63) is 94.3 Å². The number of carbonyl (C=O) groups is 3. The van der Waals surface area contributed by atoms with Gasteiger partial charge in [0.15, 0.2) is 5.76 Å². The maximum absolute atomic E-state index is 13.3. The molecule has 36 heavy (non-hydrogen) atoms. The van der Waals surface area contributed by atoms with Crippen LogP contribution in [0.4, 0.5) is 11.4 Å². The van der Waals surface area contributed by atoms with Gasteiger partial charge in [0.2, 0.25) is 0 Å². The summed E-state index contributed by atoms with van der Waals surface area (Å²) < 4.78 is 10.7. The third-order valence-corrected chi connectivity index (χ3v) is 6.18. The second-order valence-electron chi connectivity index (χ2n) is 8.09. The molecule has 0 unspecified atom stereocenters. The standard InChI is InChI=1S/C26H15ClN4O5/c1-13-22-17(12-19(21-7-4-10-35-21)29-24(22)36-30-13)23(32)28-14-8-9-20(18(27)11-14)31-25(33)15-5-2-3-6-16(15)26(31)34/h2-12H,1H3,(H,28,32). The molecule has 0 fully saturated rings. The number of aryl methyl sites for hydroxylation is 1. The summed E-state index contributed by atoms with van der Waals surface area (Å²) in [4.78, 5) is 44.4. The Morgan fingerprint density at radius 3 is 2.42 bits per heavy atom. The zero-order valence-corrected chi connectivity index (χ0v) is 19.4. The number of pyridine rings is 1. The molecule has 10 heteroatoms. The van der Waals surface area contributed by atoms with Gasteiger partial charge in [0, 0.05) is 5.69 Å². The Morgan fingerprint density at radius 1 is 1.00 bits per heavy atom. The predicted molar refractivity (Wildman–Crippen MR) is 131 cm³/mol. The van der Waals surface area contributed by atoms with Gasteiger partial charge in [-0.05, 0) is 55.5 Å². The van der Waals surface area contributed by atoms with Gasteiger partial charge in [-0.2, -0.15) is 0 Å². The molecule has 0 atom stereocenters. The lowest BCUT2D eigenvalue weighted by Gasteiger charge is -2.16. The molecule has 1 aliphatic heterocycles. The average Bonchev–Trinajstić information content (AvgIpc) is 3.60. The van der Waals surface area contributed by atoms with E-state index in [1.54, 1.807) is 55.5 Å². The van der Waals surface area contributed by atoms with E-state index in [-0.39, 0.29) is 22.0 Å². The molecule has 3 amide bonds. The number of aromatic nitrogens is 2. The smallest absolute Gasteiger partial charge is 0.266 e. The SMILES string of the molecule is Cc1noc2nc(-c3ccco3)cc(C(=O)Nc3ccc(N4C(=O)c5ccccc5C4=O)c(Cl)c3)c12. The van der Waals surface area contributed by atoms with Crippen molar-refractivity contribution in [2.24, 2.45) is 0 Å². The second kappa shape index (κ2) is 8.17. The molecule has 176 valence electrons. The van der Waals surface area contributed by atoms with Gasteiger partial charge in [-0.3, -0.25) is 14.4 Å². The number of fused-ring (bicyclic) bond motifs is 2. The molecule has 1 N–H and O–H groups in total. The monoisotopic (exact) mass is 498 g/mol. The van der Waals surface area contributed by atoms with Crippen LogP contribution in [0.1, 0.15) is 36.8 Å². The van der Waals surface area contributed by atoms with E-state index in [1.807, 2.05) is 0 Å². The van der Waals surface area contributed by atoms with Crippen molar-refractivity contribution in [2.75, 3.05) is 10.2 Å². The zero-order valence-electron chi connectivity index (χ0n) is 18.6. The summed E-state index contributed by atoms with van der Waals surface area (Å²) in [5.74, 6) is -0.900. The van der Waals surface area contributed by atoms with Crippen molar-refractivity contribution in [1.82, 2.24) is 10.1 Å². The highest BCUT2D eigenvalue weighted by molar-refractivity contribution is 6.40. The van der Waals surface area contributed by atoms with Crippen LogP contribution in [0.5, 0.6) is 0 Å². The van der Waals surface area contributed by atoms with Crippen molar-refractivity contribution >= 4 is 51.8 Å². The molecule has 5 aromatic rings. The van der Waals surface area contributed by atoms with Gasteiger partial charge in [0.25, 0.3) is 23.4 Å². The number of halogens is 1. The summed E-state index contributed by atoms with van der Waals surface area (Å²) in [5.41, 5.74) is 2.62. The fraction of sp³-hybridized carbons (Fsp3) is 0.0385. The highest BCUT2D eigenvalue weighted by Crippen LogP contribution is 2.35. The number of carbonyl (C=O) groups excluding carboxylic acids is 3. The van der Waals surface area contributed by atoms with Crippen LogP contribution in [0.15, 0.2) is 75.9 Å². The summed E-state index contributed by atoms with van der Waals surface area (Å²) in [6, 6.07) is 16.2. The van der Waals surface area contributed by atoms with Crippen molar-refractivity contribution < 1.29 is 23.3 Å². The number of anilines is 2. The Bertz CT molecular complexity index is 1670. The summed E-state index contributed by atoms with van der Waals surface area (Å²) in [5, 5.41) is 7.32. The van der Waals surface area contributed by atoms with E-state index < -0.39 is 17.7 Å². The largest absolute Gasteiger partial charge is 0.463 e. The molecule has 1 aliphatic rings. The number of amides is 3. The van der Waals surface area contributed by atoms with Gasteiger partial charge < -0.3 is 14.3 Å². The number of imide groups is 1. The zero-order chi connectivity index (χ0) is 25.0. The van der Waals surface area contributed by atoms with Crippen molar-refractivity contribution in [3.8, 4) is 11.5 Å². The molecule has 2 aromatic carbocycles. The van der Waals surface area contributed by atoms with Crippen molar-refractivity contribution in [3.63, 3.8) is 0 Å². The first-order valence-corrected chi connectivity index (χ1v) is 11.2. The highest BCUT2D eigenvalue weighted by Gasteiger charge is 2.37. The Kier molecular flexibility index (Phi) is 4.94. The quantitative estimate of drug-likeness (QED) is 0.325. The molecule has 0 radical (unpaired) electrons. The first kappa shape index (κ1) is 21.8. The molecule has 0 aliphatic carbocycles. The van der Waals surface area contributed by atoms with Gasteiger partial charge in [-0.15, -0.1) is 0 Å². The summed E-state index contributed by atoms with van der Waals surface area (Å²) >= 11 is 6.46. The van der Waals surface area contributed by atoms with Crippen LogP contribution in [-0.2, 0) is 0 Å². The Morgan fingerprint density at radius 2 is 1.75 bits per heavy atom. The molecular formula is C26H15ClN4O5. The van der Waals surface area contributed by atoms with Crippen LogP contribution in [-0.4, -0.2) is 27.9 Å². The maximum Gasteiger partial charge on any atom is 0.266 e. The minimum atomic E-state index is -0.457. The number of nitrogens with zero attached hydrogens (tertiary/aromatic N) is 3. The summed E-state index contributed by atoms with van der Waals surface area (Å²) in [6.45, 7) is 1.71. The van der Waals surface area contributed by atoms with Gasteiger partial charge in [-0.1, -0.05) is 28.9 Å². The number of nitrogens with one attached hydrogen (secondary N) is 1. The van der Waals surface area contributed by atoms with Crippen LogP contribution < -0.4 is 10.2 Å². The van der Waals surface area contributed by atoms with Crippen molar-refractivity contribution in [1.29, 1.82) is 0 Å². The molecular weight excluding hydrogens is 484 g/mol. The lowest BCUT2D eigenvalue weighted by Crippen LogP contribution is -2.29. The third-order valence-electron chi connectivity index (χ3n) is 5.88. The van der Waals surface area contributed by atoms with Crippen LogP contribution in [0.2, 0.25) is 5.02 Å². The Hall–Kier alpha value is -4.76. The minimum Gasteiger partial charge on any atom is -0.463 e. The third kappa shape index (κ3) is 3.37. The molecule has 0 bridgehead atoms. The fourth-order valence-electron chi connectivity index (χ4n) is 4.20. The summed E-state index contributed by atoms with van der Waals surface area (Å²) in [6.07, 6.45) is 1.50. The highest BCUT2D eigenvalue weighted by atomic mass is 35.5. The molecule has 0 saturated carbocycles. The topological polar surface area (TPSA) is 119 Å². The van der Waals surface area contributed by atoms with Gasteiger partial charge >= 0.3 is 0 Å². The van der Waals surface area contributed by atoms with E-state index in [9.17, 15) is 14.4 Å². The average molecular weight is 499 g/mol. The Labute approximate surface area is 208 Å². The minimum absolute atomic E-state index is 0.125. The normalized spacial score (nSPS) is 12.9. The van der Waals surface area contributed by atoms with Gasteiger partial charge in [0.1, 0.15) is 5.69 Å². The molecule has 9 nitrogen and oxygen atoms in total. The van der Waals surface area contributed by atoms with Crippen molar-refractivity contribution in [2.45, 2.75) is 6.92 Å². The first-order valence-electron chi connectivity index (χ1n) is 10.8.